The third-order valence-electron chi connectivity index (χ3n) is 3.59. The van der Waals surface area contributed by atoms with Gasteiger partial charge in [0.25, 0.3) is 5.91 Å². The van der Waals surface area contributed by atoms with Gasteiger partial charge in [-0.3, -0.25) is 4.79 Å². The second kappa shape index (κ2) is 5.78. The van der Waals surface area contributed by atoms with Gasteiger partial charge in [0, 0.05) is 12.1 Å². The molecule has 1 heterocycles. The number of hydrogen-bond acceptors (Lipinski definition) is 1. The first kappa shape index (κ1) is 14.5. The van der Waals surface area contributed by atoms with Crippen LogP contribution in [0.15, 0.2) is 36.4 Å². The highest BCUT2D eigenvalue weighted by Crippen LogP contribution is 2.34. The van der Waals surface area contributed by atoms with Crippen molar-refractivity contribution in [2.45, 2.75) is 11.2 Å². The Morgan fingerprint density at radius 2 is 1.90 bits per heavy atom. The lowest BCUT2D eigenvalue weighted by atomic mass is 9.95. The van der Waals surface area contributed by atoms with Gasteiger partial charge < -0.3 is 5.32 Å². The molecule has 1 aliphatic rings. The molecule has 2 aromatic rings. The molecular weight excluding hydrogens is 357 g/mol. The molecule has 0 fully saturated rings. The van der Waals surface area contributed by atoms with Crippen molar-refractivity contribution in [3.8, 4) is 0 Å². The molecule has 0 radical (unpaired) electrons. The number of fused-ring (bicyclic) bond motifs is 1. The molecule has 5 heteroatoms. The van der Waals surface area contributed by atoms with E-state index in [0.717, 1.165) is 23.1 Å². The highest BCUT2D eigenvalue weighted by molar-refractivity contribution is 9.09. The highest BCUT2D eigenvalue weighted by Gasteiger charge is 2.19. The number of rotatable bonds is 2. The van der Waals surface area contributed by atoms with E-state index in [1.807, 2.05) is 18.2 Å². The Hall–Kier alpha value is -1.39. The van der Waals surface area contributed by atoms with Gasteiger partial charge in [-0.1, -0.05) is 45.7 Å². The number of nitrogens with one attached hydrogen (secondary N) is 1. The summed E-state index contributed by atoms with van der Waals surface area (Å²) in [7, 11) is 0. The fourth-order valence-corrected chi connectivity index (χ4v) is 3.21. The zero-order valence-electron chi connectivity index (χ0n) is 11.0. The molecule has 2 aromatic carbocycles. The van der Waals surface area contributed by atoms with Crippen molar-refractivity contribution in [2.75, 3.05) is 6.54 Å². The number of carbonyl (C=O) groups excluding carboxylic acids is 1. The normalized spacial score (nSPS) is 15.3. The topological polar surface area (TPSA) is 29.1 Å². The van der Waals surface area contributed by atoms with E-state index in [-0.39, 0.29) is 15.8 Å². The van der Waals surface area contributed by atoms with E-state index in [1.165, 1.54) is 6.07 Å². The molecule has 0 spiro atoms. The Morgan fingerprint density at radius 3 is 2.67 bits per heavy atom. The van der Waals surface area contributed by atoms with Crippen LogP contribution in [0.2, 0.25) is 5.02 Å². The van der Waals surface area contributed by atoms with Gasteiger partial charge in [-0.25, -0.2) is 4.39 Å². The third kappa shape index (κ3) is 2.83. The SMILES string of the molecule is O=C1NCCc2ccc(C(Br)c3ccc(F)c(Cl)c3)cc21. The monoisotopic (exact) mass is 367 g/mol. The Kier molecular flexibility index (Phi) is 4.00. The van der Waals surface area contributed by atoms with Gasteiger partial charge in [0.15, 0.2) is 0 Å². The average Bonchev–Trinajstić information content (AvgIpc) is 2.49. The molecule has 1 atom stereocenters. The van der Waals surface area contributed by atoms with Crippen molar-refractivity contribution in [3.63, 3.8) is 0 Å². The molecule has 1 N–H and O–H groups in total. The van der Waals surface area contributed by atoms with Gasteiger partial charge in [0.2, 0.25) is 0 Å². The molecular formula is C16H12BrClFNO. The van der Waals surface area contributed by atoms with Gasteiger partial charge in [-0.05, 0) is 41.3 Å². The van der Waals surface area contributed by atoms with E-state index in [4.69, 9.17) is 11.6 Å². The summed E-state index contributed by atoms with van der Waals surface area (Å²) in [6.45, 7) is 0.677. The van der Waals surface area contributed by atoms with Gasteiger partial charge in [0.05, 0.1) is 9.85 Å². The minimum absolute atomic E-state index is 0.0464. The first-order valence-electron chi connectivity index (χ1n) is 6.56. The molecule has 0 bridgehead atoms. The van der Waals surface area contributed by atoms with Crippen molar-refractivity contribution in [3.05, 3.63) is 69.5 Å². The number of alkyl halides is 1. The lowest BCUT2D eigenvalue weighted by Crippen LogP contribution is -2.31. The van der Waals surface area contributed by atoms with Crippen molar-refractivity contribution in [2.24, 2.45) is 0 Å². The van der Waals surface area contributed by atoms with Gasteiger partial charge in [0.1, 0.15) is 5.82 Å². The van der Waals surface area contributed by atoms with Gasteiger partial charge in [-0.2, -0.15) is 0 Å². The molecule has 21 heavy (non-hydrogen) atoms. The van der Waals surface area contributed by atoms with Crippen LogP contribution in [-0.2, 0) is 6.42 Å². The van der Waals surface area contributed by atoms with Crippen molar-refractivity contribution in [1.82, 2.24) is 5.32 Å². The molecule has 0 saturated heterocycles. The van der Waals surface area contributed by atoms with Crippen molar-refractivity contribution >= 4 is 33.4 Å². The number of benzene rings is 2. The van der Waals surface area contributed by atoms with E-state index in [1.54, 1.807) is 12.1 Å². The molecule has 3 rings (SSSR count). The van der Waals surface area contributed by atoms with E-state index in [2.05, 4.69) is 21.2 Å². The fourth-order valence-electron chi connectivity index (χ4n) is 2.45. The zero-order chi connectivity index (χ0) is 15.0. The lowest BCUT2D eigenvalue weighted by Gasteiger charge is -2.19. The molecule has 1 aliphatic heterocycles. The highest BCUT2D eigenvalue weighted by atomic mass is 79.9. The summed E-state index contributed by atoms with van der Waals surface area (Å²) in [6, 6.07) is 10.4. The van der Waals surface area contributed by atoms with E-state index in [0.29, 0.717) is 12.1 Å². The van der Waals surface area contributed by atoms with E-state index >= 15 is 0 Å². The number of carbonyl (C=O) groups is 1. The maximum Gasteiger partial charge on any atom is 0.251 e. The first-order chi connectivity index (χ1) is 10.1. The molecule has 0 saturated carbocycles. The fraction of sp³-hybridized carbons (Fsp3) is 0.188. The maximum atomic E-state index is 13.2. The summed E-state index contributed by atoms with van der Waals surface area (Å²) in [4.78, 5) is 11.8. The molecule has 0 aromatic heterocycles. The summed E-state index contributed by atoms with van der Waals surface area (Å²) in [5, 5.41) is 2.93. The lowest BCUT2D eigenvalue weighted by molar-refractivity contribution is 0.0946. The van der Waals surface area contributed by atoms with Crippen LogP contribution in [0.1, 0.15) is 31.9 Å². The first-order valence-corrected chi connectivity index (χ1v) is 7.85. The van der Waals surface area contributed by atoms with Crippen LogP contribution in [0, 0.1) is 5.82 Å². The smallest absolute Gasteiger partial charge is 0.251 e. The summed E-state index contributed by atoms with van der Waals surface area (Å²) in [6.07, 6.45) is 0.844. The minimum Gasteiger partial charge on any atom is -0.352 e. The molecule has 1 unspecified atom stereocenters. The summed E-state index contributed by atoms with van der Waals surface area (Å²) in [5.41, 5.74) is 3.54. The third-order valence-corrected chi connectivity index (χ3v) is 4.93. The molecule has 108 valence electrons. The van der Waals surface area contributed by atoms with Crippen LogP contribution in [0.5, 0.6) is 0 Å². The van der Waals surface area contributed by atoms with Gasteiger partial charge >= 0.3 is 0 Å². The Bertz CT molecular complexity index is 719. The number of halogens is 3. The Labute approximate surface area is 135 Å². The Balaban J connectivity index is 1.98. The minimum atomic E-state index is -0.440. The van der Waals surface area contributed by atoms with Crippen LogP contribution in [0.25, 0.3) is 0 Å². The average molecular weight is 369 g/mol. The number of hydrogen-bond donors (Lipinski definition) is 1. The molecule has 1 amide bonds. The number of amides is 1. The van der Waals surface area contributed by atoms with Crippen LogP contribution in [0.4, 0.5) is 4.39 Å². The molecule has 0 aliphatic carbocycles. The second-order valence-electron chi connectivity index (χ2n) is 4.96. The summed E-state index contributed by atoms with van der Waals surface area (Å²) < 4.78 is 13.2. The van der Waals surface area contributed by atoms with Crippen molar-refractivity contribution < 1.29 is 9.18 Å². The van der Waals surface area contributed by atoms with Crippen LogP contribution in [-0.4, -0.2) is 12.5 Å². The van der Waals surface area contributed by atoms with E-state index in [9.17, 15) is 9.18 Å². The summed E-state index contributed by atoms with van der Waals surface area (Å²) >= 11 is 9.41. The van der Waals surface area contributed by atoms with E-state index < -0.39 is 5.82 Å². The zero-order valence-corrected chi connectivity index (χ0v) is 13.3. The molecule has 2 nitrogen and oxygen atoms in total. The largest absolute Gasteiger partial charge is 0.352 e. The summed E-state index contributed by atoms with van der Waals surface area (Å²) in [5.74, 6) is -0.486. The maximum absolute atomic E-state index is 13.2. The quantitative estimate of drug-likeness (QED) is 0.789. The van der Waals surface area contributed by atoms with Crippen LogP contribution in [0.3, 0.4) is 0 Å². The Morgan fingerprint density at radius 1 is 1.19 bits per heavy atom. The van der Waals surface area contributed by atoms with Crippen molar-refractivity contribution in [1.29, 1.82) is 0 Å². The van der Waals surface area contributed by atoms with Gasteiger partial charge in [-0.15, -0.1) is 0 Å². The predicted molar refractivity (Wildman–Crippen MR) is 84.7 cm³/mol. The predicted octanol–water partition coefficient (Wildman–Crippen LogP) is 4.25. The standard InChI is InChI=1S/C16H12BrClFNO/c17-15(11-3-4-14(19)13(18)8-11)10-2-1-9-5-6-20-16(21)12(9)7-10/h1-4,7-8,15H,5-6H2,(H,20,21). The van der Waals surface area contributed by atoms with Crippen LogP contribution >= 0.6 is 27.5 Å². The second-order valence-corrected chi connectivity index (χ2v) is 6.28. The van der Waals surface area contributed by atoms with Crippen LogP contribution < -0.4 is 5.32 Å².